The van der Waals surface area contributed by atoms with Crippen LogP contribution in [0.5, 0.6) is 0 Å². The van der Waals surface area contributed by atoms with E-state index in [4.69, 9.17) is 9.47 Å². The first-order valence-corrected chi connectivity index (χ1v) is 4.24. The maximum atomic E-state index is 10.3. The summed E-state index contributed by atoms with van der Waals surface area (Å²) in [5.41, 5.74) is 0. The van der Waals surface area contributed by atoms with Crippen LogP contribution in [-0.2, 0) is 19.0 Å². The number of hydrogen-bond donors (Lipinski definition) is 0. The fourth-order valence-electron chi connectivity index (χ4n) is 0.978. The van der Waals surface area contributed by atoms with Gasteiger partial charge in [-0.2, -0.15) is 0 Å². The summed E-state index contributed by atoms with van der Waals surface area (Å²) >= 11 is 0. The summed E-state index contributed by atoms with van der Waals surface area (Å²) < 4.78 is 14.7. The smallest absolute Gasteiger partial charge is 0.316 e. The van der Waals surface area contributed by atoms with Gasteiger partial charge in [0.1, 0.15) is 6.11 Å². The van der Waals surface area contributed by atoms with Gasteiger partial charge >= 0.3 is 5.97 Å². The first-order chi connectivity index (χ1) is 6.72. The molecule has 1 fully saturated rings. The van der Waals surface area contributed by atoms with Crippen molar-refractivity contribution in [2.75, 3.05) is 7.11 Å². The van der Waals surface area contributed by atoms with E-state index in [1.54, 1.807) is 7.11 Å². The summed E-state index contributed by atoms with van der Waals surface area (Å²) in [7, 11) is 1.57. The molecule has 0 aliphatic carbocycles. The quantitative estimate of drug-likeness (QED) is 0.481. The first-order valence-electron chi connectivity index (χ1n) is 4.24. The van der Waals surface area contributed by atoms with Crippen LogP contribution in [0.1, 0.15) is 13.3 Å². The van der Waals surface area contributed by atoms with Gasteiger partial charge in [-0.1, -0.05) is 5.92 Å². The Hall–Kier alpha value is -1.05. The van der Waals surface area contributed by atoms with Crippen LogP contribution >= 0.6 is 0 Å². The van der Waals surface area contributed by atoms with Crippen LogP contribution in [-0.4, -0.2) is 25.5 Å². The van der Waals surface area contributed by atoms with Crippen molar-refractivity contribution in [1.82, 2.24) is 0 Å². The summed E-state index contributed by atoms with van der Waals surface area (Å²) in [6.45, 7) is 1.31. The van der Waals surface area contributed by atoms with E-state index >= 15 is 0 Å². The molecule has 0 N–H and O–H groups in total. The van der Waals surface area contributed by atoms with Crippen LogP contribution in [0.2, 0.25) is 0 Å². The molecule has 1 aliphatic heterocycles. The number of rotatable bonds is 2. The zero-order valence-electron chi connectivity index (χ0n) is 8.15. The molecule has 0 saturated carbocycles. The summed E-state index contributed by atoms with van der Waals surface area (Å²) in [6.07, 6.45) is 6.11. The van der Waals surface area contributed by atoms with Gasteiger partial charge in [0.05, 0.1) is 6.10 Å². The van der Waals surface area contributed by atoms with Gasteiger partial charge in [-0.25, -0.2) is 0 Å². The van der Waals surface area contributed by atoms with Crippen molar-refractivity contribution in [3.8, 4) is 12.0 Å². The topological polar surface area (TPSA) is 44.8 Å². The highest BCUT2D eigenvalue weighted by Gasteiger charge is 2.24. The molecular weight excluding hydrogens is 184 g/mol. The highest BCUT2D eigenvalue weighted by atomic mass is 16.7. The monoisotopic (exact) mass is 196 g/mol. The van der Waals surface area contributed by atoms with Crippen molar-refractivity contribution in [2.24, 2.45) is 0 Å². The van der Waals surface area contributed by atoms with Gasteiger partial charge in [0, 0.05) is 33.3 Å². The van der Waals surface area contributed by atoms with Crippen LogP contribution in [0.3, 0.4) is 0 Å². The van der Waals surface area contributed by atoms with E-state index in [0.29, 0.717) is 6.42 Å². The number of methoxy groups -OCH3 is 1. The molecule has 1 rings (SSSR count). The lowest BCUT2D eigenvalue weighted by atomic mass is 10.2. The summed E-state index contributed by atoms with van der Waals surface area (Å²) in [6, 6.07) is 0. The van der Waals surface area contributed by atoms with Gasteiger partial charge in [0.15, 0.2) is 6.29 Å². The molecule has 1 aliphatic rings. The maximum Gasteiger partial charge on any atom is 0.316 e. The van der Waals surface area contributed by atoms with Gasteiger partial charge in [-0.15, -0.1) is 0 Å². The average Bonchev–Trinajstić information content (AvgIpc) is 2.60. The Bertz CT molecular complexity index is 251. The molecule has 4 heteroatoms. The molecule has 0 bridgehead atoms. The second-order valence-corrected chi connectivity index (χ2v) is 2.74. The molecule has 2 radical (unpaired) electrons. The zero-order chi connectivity index (χ0) is 10.4. The molecule has 0 spiro atoms. The standard InChI is InChI=1S/C10H12O4/c1-8(11)13-7-3-4-9-5-6-10(12-2)14-9/h5-6,9-10H,4H2,1-2H3/t9-,10-/m0/s1. The number of carbonyl (C=O) groups is 1. The number of carbonyl (C=O) groups excluding carboxylic acids is 1. The number of esters is 1. The Labute approximate surface area is 83.5 Å². The third-order valence-electron chi connectivity index (χ3n) is 1.59. The Morgan fingerprint density at radius 2 is 2.36 bits per heavy atom. The highest BCUT2D eigenvalue weighted by Crippen LogP contribution is 2.19. The molecule has 4 nitrogen and oxygen atoms in total. The molecule has 2 atom stereocenters. The SMILES string of the molecule is CO[C@@H]1[CH][CH][C@H](CC#COC(C)=O)O1. The molecule has 1 saturated heterocycles. The third-order valence-corrected chi connectivity index (χ3v) is 1.59. The average molecular weight is 196 g/mol. The second-order valence-electron chi connectivity index (χ2n) is 2.74. The Morgan fingerprint density at radius 1 is 1.57 bits per heavy atom. The minimum Gasteiger partial charge on any atom is -0.372 e. The molecule has 0 amide bonds. The summed E-state index contributed by atoms with van der Waals surface area (Å²) in [5.74, 6) is 2.27. The van der Waals surface area contributed by atoms with Crippen LogP contribution in [0.15, 0.2) is 0 Å². The lowest BCUT2D eigenvalue weighted by Crippen LogP contribution is -2.12. The van der Waals surface area contributed by atoms with E-state index < -0.39 is 5.97 Å². The van der Waals surface area contributed by atoms with Crippen LogP contribution in [0, 0.1) is 24.9 Å². The fourth-order valence-corrected chi connectivity index (χ4v) is 0.978. The lowest BCUT2D eigenvalue weighted by Gasteiger charge is -2.08. The van der Waals surface area contributed by atoms with Gasteiger partial charge in [0.2, 0.25) is 0 Å². The minimum absolute atomic E-state index is 0.0805. The van der Waals surface area contributed by atoms with Crippen molar-refractivity contribution in [3.63, 3.8) is 0 Å². The van der Waals surface area contributed by atoms with Crippen molar-refractivity contribution >= 4 is 5.97 Å². The van der Waals surface area contributed by atoms with Crippen LogP contribution < -0.4 is 0 Å². The van der Waals surface area contributed by atoms with E-state index in [2.05, 4.69) is 16.8 Å². The molecule has 0 unspecified atom stereocenters. The van der Waals surface area contributed by atoms with Crippen LogP contribution in [0.4, 0.5) is 0 Å². The molecule has 0 aromatic rings. The van der Waals surface area contributed by atoms with Gasteiger partial charge in [0.25, 0.3) is 0 Å². The number of hydrogen-bond acceptors (Lipinski definition) is 4. The molecular formula is C10H12O4. The Kier molecular flexibility index (Phi) is 4.44. The lowest BCUT2D eigenvalue weighted by molar-refractivity contribution is -0.134. The number of ether oxygens (including phenoxy) is 3. The molecule has 76 valence electrons. The second kappa shape index (κ2) is 5.63. The summed E-state index contributed by atoms with van der Waals surface area (Å²) in [5, 5.41) is 0. The first kappa shape index (κ1) is 11.0. The van der Waals surface area contributed by atoms with Crippen molar-refractivity contribution < 1.29 is 19.0 Å². The maximum absolute atomic E-state index is 10.3. The molecule has 0 aromatic heterocycles. The van der Waals surface area contributed by atoms with E-state index in [0.717, 1.165) is 0 Å². The normalized spacial score (nSPS) is 25.3. The van der Waals surface area contributed by atoms with Crippen molar-refractivity contribution in [2.45, 2.75) is 25.7 Å². The molecule has 0 aromatic carbocycles. The third kappa shape index (κ3) is 3.77. The molecule has 1 heterocycles. The highest BCUT2D eigenvalue weighted by molar-refractivity contribution is 5.67. The molecule has 14 heavy (non-hydrogen) atoms. The van der Waals surface area contributed by atoms with E-state index in [-0.39, 0.29) is 12.4 Å². The Balaban J connectivity index is 2.18. The van der Waals surface area contributed by atoms with E-state index in [1.165, 1.54) is 6.92 Å². The van der Waals surface area contributed by atoms with Crippen molar-refractivity contribution in [3.05, 3.63) is 12.8 Å². The van der Waals surface area contributed by atoms with Crippen molar-refractivity contribution in [1.29, 1.82) is 0 Å². The van der Waals surface area contributed by atoms with Gasteiger partial charge in [-0.3, -0.25) is 4.79 Å². The Morgan fingerprint density at radius 3 is 2.93 bits per heavy atom. The summed E-state index contributed by atoms with van der Waals surface area (Å²) in [4.78, 5) is 10.3. The fraction of sp³-hybridized carbons (Fsp3) is 0.500. The van der Waals surface area contributed by atoms with Crippen LogP contribution in [0.25, 0.3) is 0 Å². The predicted molar refractivity (Wildman–Crippen MR) is 48.4 cm³/mol. The van der Waals surface area contributed by atoms with E-state index in [9.17, 15) is 4.79 Å². The predicted octanol–water partition coefficient (Wildman–Crippen LogP) is 0.680. The van der Waals surface area contributed by atoms with Gasteiger partial charge in [-0.05, 0) is 0 Å². The minimum atomic E-state index is -0.407. The van der Waals surface area contributed by atoms with E-state index in [1.807, 2.05) is 12.8 Å². The largest absolute Gasteiger partial charge is 0.372 e. The van der Waals surface area contributed by atoms with Gasteiger partial charge < -0.3 is 14.2 Å². The zero-order valence-corrected chi connectivity index (χ0v) is 8.15.